The van der Waals surface area contributed by atoms with Crippen molar-refractivity contribution in [1.29, 1.82) is 0 Å². The summed E-state index contributed by atoms with van der Waals surface area (Å²) in [6, 6.07) is 15.2. The van der Waals surface area contributed by atoms with Crippen molar-refractivity contribution in [2.24, 2.45) is 0 Å². The third-order valence-corrected chi connectivity index (χ3v) is 4.01. The number of benzene rings is 2. The lowest BCUT2D eigenvalue weighted by atomic mass is 10.2. The highest BCUT2D eigenvalue weighted by Gasteiger charge is 2.16. The molecule has 0 unspecified atom stereocenters. The molecule has 27 heavy (non-hydrogen) atoms. The normalized spacial score (nSPS) is 10.8. The highest BCUT2D eigenvalue weighted by molar-refractivity contribution is 9.10. The first-order chi connectivity index (χ1) is 12.7. The Morgan fingerprint density at radius 1 is 1.04 bits per heavy atom. The van der Waals surface area contributed by atoms with Gasteiger partial charge in [0, 0.05) is 23.1 Å². The van der Waals surface area contributed by atoms with Crippen LogP contribution in [0, 0.1) is 0 Å². The molecule has 0 fully saturated rings. The summed E-state index contributed by atoms with van der Waals surface area (Å²) in [7, 11) is 0. The Kier molecular flexibility index (Phi) is 7.24. The highest BCUT2D eigenvalue weighted by atomic mass is 79.9. The van der Waals surface area contributed by atoms with E-state index in [1.165, 1.54) is 0 Å². The van der Waals surface area contributed by atoms with E-state index >= 15 is 0 Å². The zero-order valence-corrected chi connectivity index (χ0v) is 17.2. The number of carbonyl (C=O) groups is 2. The van der Waals surface area contributed by atoms with Crippen LogP contribution >= 0.6 is 15.9 Å². The van der Waals surface area contributed by atoms with Gasteiger partial charge in [-0.25, -0.2) is 4.79 Å². The molecule has 0 radical (unpaired) electrons. The summed E-state index contributed by atoms with van der Waals surface area (Å²) < 4.78 is 5.97. The summed E-state index contributed by atoms with van der Waals surface area (Å²) in [4.78, 5) is 23.9. The van der Waals surface area contributed by atoms with Crippen molar-refractivity contribution in [2.75, 3.05) is 17.2 Å². The number of alkyl carbamates (subject to hydrolysis) is 1. The van der Waals surface area contributed by atoms with Gasteiger partial charge >= 0.3 is 6.09 Å². The smallest absolute Gasteiger partial charge is 0.407 e. The van der Waals surface area contributed by atoms with Crippen LogP contribution in [-0.2, 0) is 9.53 Å². The van der Waals surface area contributed by atoms with E-state index in [9.17, 15) is 9.59 Å². The van der Waals surface area contributed by atoms with E-state index in [0.29, 0.717) is 5.69 Å². The average Bonchev–Trinajstić information content (AvgIpc) is 2.57. The molecule has 0 aliphatic carbocycles. The lowest BCUT2D eigenvalue weighted by molar-refractivity contribution is -0.116. The second-order valence-corrected chi connectivity index (χ2v) is 7.73. The fourth-order valence-electron chi connectivity index (χ4n) is 2.23. The summed E-state index contributed by atoms with van der Waals surface area (Å²) >= 11 is 3.51. The summed E-state index contributed by atoms with van der Waals surface area (Å²) in [5, 5.41) is 8.74. The predicted molar refractivity (Wildman–Crippen MR) is 111 cm³/mol. The van der Waals surface area contributed by atoms with Crippen LogP contribution in [0.1, 0.15) is 27.2 Å². The van der Waals surface area contributed by atoms with Crippen LogP contribution < -0.4 is 16.0 Å². The lowest BCUT2D eigenvalue weighted by Gasteiger charge is -2.19. The molecule has 144 valence electrons. The van der Waals surface area contributed by atoms with Gasteiger partial charge in [0.15, 0.2) is 0 Å². The summed E-state index contributed by atoms with van der Waals surface area (Å²) in [5.74, 6) is -0.208. The Morgan fingerprint density at radius 3 is 2.41 bits per heavy atom. The molecule has 0 heterocycles. The first-order valence-electron chi connectivity index (χ1n) is 8.62. The number of ether oxygens (including phenoxy) is 1. The topological polar surface area (TPSA) is 79.5 Å². The van der Waals surface area contributed by atoms with Crippen LogP contribution in [0.3, 0.4) is 0 Å². The molecule has 0 saturated carbocycles. The molecule has 2 aromatic carbocycles. The van der Waals surface area contributed by atoms with Gasteiger partial charge < -0.3 is 20.7 Å². The SMILES string of the molecule is CC(C)(C)OC(=O)NCCC(=O)Nc1cccc(Br)c1Nc1ccccc1. The molecule has 2 aromatic rings. The third-order valence-electron chi connectivity index (χ3n) is 3.35. The number of para-hydroxylation sites is 2. The quantitative estimate of drug-likeness (QED) is 0.595. The van der Waals surface area contributed by atoms with Gasteiger partial charge in [-0.3, -0.25) is 4.79 Å². The van der Waals surface area contributed by atoms with Gasteiger partial charge in [-0.15, -0.1) is 0 Å². The molecule has 0 atom stereocenters. The van der Waals surface area contributed by atoms with Gasteiger partial charge in [-0.2, -0.15) is 0 Å². The fourth-order valence-corrected chi connectivity index (χ4v) is 2.69. The number of rotatable bonds is 6. The van der Waals surface area contributed by atoms with Gasteiger partial charge in [0.2, 0.25) is 5.91 Å². The van der Waals surface area contributed by atoms with Gasteiger partial charge in [-0.1, -0.05) is 24.3 Å². The number of anilines is 3. The van der Waals surface area contributed by atoms with Gasteiger partial charge in [0.05, 0.1) is 11.4 Å². The third kappa shape index (κ3) is 7.30. The lowest BCUT2D eigenvalue weighted by Crippen LogP contribution is -2.34. The molecule has 2 amide bonds. The fraction of sp³-hybridized carbons (Fsp3) is 0.300. The Morgan fingerprint density at radius 2 is 1.74 bits per heavy atom. The van der Waals surface area contributed by atoms with Gasteiger partial charge in [0.25, 0.3) is 0 Å². The largest absolute Gasteiger partial charge is 0.444 e. The summed E-state index contributed by atoms with van der Waals surface area (Å²) in [5.41, 5.74) is 1.75. The van der Waals surface area contributed by atoms with Crippen molar-refractivity contribution in [3.63, 3.8) is 0 Å². The molecule has 0 aliphatic heterocycles. The minimum atomic E-state index is -0.569. The van der Waals surface area contributed by atoms with Crippen LogP contribution in [0.4, 0.5) is 21.9 Å². The van der Waals surface area contributed by atoms with Crippen molar-refractivity contribution in [3.8, 4) is 0 Å². The molecule has 0 bridgehead atoms. The van der Waals surface area contributed by atoms with Crippen molar-refractivity contribution in [3.05, 3.63) is 53.0 Å². The average molecular weight is 434 g/mol. The molecule has 7 heteroatoms. The van der Waals surface area contributed by atoms with Gasteiger partial charge in [-0.05, 0) is 61.0 Å². The molecule has 3 N–H and O–H groups in total. The number of hydrogen-bond donors (Lipinski definition) is 3. The van der Waals surface area contributed by atoms with Crippen molar-refractivity contribution in [2.45, 2.75) is 32.8 Å². The van der Waals surface area contributed by atoms with Crippen LogP contribution in [0.5, 0.6) is 0 Å². The van der Waals surface area contributed by atoms with Crippen LogP contribution in [0.25, 0.3) is 0 Å². The van der Waals surface area contributed by atoms with Crippen LogP contribution in [0.15, 0.2) is 53.0 Å². The molecular weight excluding hydrogens is 410 g/mol. The molecule has 0 saturated heterocycles. The molecular formula is C20H24BrN3O3. The first kappa shape index (κ1) is 20.8. The molecule has 0 spiro atoms. The molecule has 0 aliphatic rings. The maximum Gasteiger partial charge on any atom is 0.407 e. The molecule has 2 rings (SSSR count). The number of amides is 2. The Labute approximate surface area is 167 Å². The van der Waals surface area contributed by atoms with E-state index in [1.807, 2.05) is 48.5 Å². The maximum atomic E-state index is 12.2. The summed E-state index contributed by atoms with van der Waals surface area (Å²) in [6.45, 7) is 5.55. The number of nitrogens with one attached hydrogen (secondary N) is 3. The number of hydrogen-bond acceptors (Lipinski definition) is 4. The Balaban J connectivity index is 1.94. The van der Waals surface area contributed by atoms with E-state index in [0.717, 1.165) is 15.8 Å². The number of carbonyl (C=O) groups excluding carboxylic acids is 2. The van der Waals surface area contributed by atoms with E-state index in [1.54, 1.807) is 20.8 Å². The van der Waals surface area contributed by atoms with Crippen LogP contribution in [-0.4, -0.2) is 24.1 Å². The van der Waals surface area contributed by atoms with Crippen molar-refractivity contribution in [1.82, 2.24) is 5.32 Å². The Bertz CT molecular complexity index is 789. The second-order valence-electron chi connectivity index (χ2n) is 6.88. The van der Waals surface area contributed by atoms with E-state index in [2.05, 4.69) is 31.9 Å². The van der Waals surface area contributed by atoms with E-state index in [4.69, 9.17) is 4.74 Å². The standard InChI is InChI=1S/C20H24BrN3O3/c1-20(2,3)27-19(26)22-13-12-17(25)24-16-11-7-10-15(21)18(16)23-14-8-5-4-6-9-14/h4-11,23H,12-13H2,1-3H3,(H,22,26)(H,24,25). The van der Waals surface area contributed by atoms with Crippen molar-refractivity contribution >= 4 is 45.0 Å². The van der Waals surface area contributed by atoms with Crippen LogP contribution in [0.2, 0.25) is 0 Å². The Hall–Kier alpha value is -2.54. The zero-order chi connectivity index (χ0) is 19.9. The first-order valence-corrected chi connectivity index (χ1v) is 9.41. The predicted octanol–water partition coefficient (Wildman–Crippen LogP) is 5.05. The van der Waals surface area contributed by atoms with Crippen molar-refractivity contribution < 1.29 is 14.3 Å². The van der Waals surface area contributed by atoms with E-state index in [-0.39, 0.29) is 18.9 Å². The minimum absolute atomic E-state index is 0.135. The minimum Gasteiger partial charge on any atom is -0.444 e. The highest BCUT2D eigenvalue weighted by Crippen LogP contribution is 2.33. The number of halogens is 1. The molecule has 0 aromatic heterocycles. The summed E-state index contributed by atoms with van der Waals surface area (Å²) in [6.07, 6.45) is -0.402. The van der Waals surface area contributed by atoms with Gasteiger partial charge in [0.1, 0.15) is 5.60 Å². The zero-order valence-electron chi connectivity index (χ0n) is 15.6. The maximum absolute atomic E-state index is 12.2. The van der Waals surface area contributed by atoms with E-state index < -0.39 is 11.7 Å². The monoisotopic (exact) mass is 433 g/mol. The molecule has 6 nitrogen and oxygen atoms in total. The second kappa shape index (κ2) is 9.41.